The molecule has 136 valence electrons. The van der Waals surface area contributed by atoms with E-state index < -0.39 is 0 Å². The van der Waals surface area contributed by atoms with E-state index in [4.69, 9.17) is 4.74 Å². The summed E-state index contributed by atoms with van der Waals surface area (Å²) in [5.41, 5.74) is 1.42. The van der Waals surface area contributed by atoms with E-state index in [0.717, 1.165) is 21.4 Å². The second-order valence-corrected chi connectivity index (χ2v) is 6.49. The predicted molar refractivity (Wildman–Crippen MR) is 108 cm³/mol. The fraction of sp³-hybridized carbons (Fsp3) is 0.0500. The third kappa shape index (κ3) is 5.32. The van der Waals surface area contributed by atoms with Gasteiger partial charge in [0.2, 0.25) is 11.9 Å². The van der Waals surface area contributed by atoms with Crippen molar-refractivity contribution in [3.05, 3.63) is 73.4 Å². The van der Waals surface area contributed by atoms with Crippen LogP contribution in [0.5, 0.6) is 5.75 Å². The van der Waals surface area contributed by atoms with Gasteiger partial charge in [0, 0.05) is 22.5 Å². The maximum Gasteiger partial charge on any atom is 0.247 e. The molecule has 7 heteroatoms. The minimum Gasteiger partial charge on any atom is -0.497 e. The lowest BCUT2D eigenvalue weighted by molar-refractivity contribution is -0.111. The monoisotopic (exact) mass is 378 g/mol. The van der Waals surface area contributed by atoms with Gasteiger partial charge in [-0.15, -0.1) is 0 Å². The zero-order valence-corrected chi connectivity index (χ0v) is 15.5. The average molecular weight is 378 g/mol. The SMILES string of the molecule is C=CC(=O)Nc1cccc(Nc2nccc(Sc3cccc(OC)c3)n2)c1. The highest BCUT2D eigenvalue weighted by Gasteiger charge is 2.05. The Morgan fingerprint density at radius 2 is 1.96 bits per heavy atom. The maximum absolute atomic E-state index is 11.4. The predicted octanol–water partition coefficient (Wildman–Crippen LogP) is 4.50. The molecule has 0 bridgehead atoms. The Balaban J connectivity index is 1.73. The summed E-state index contributed by atoms with van der Waals surface area (Å²) in [6, 6.07) is 16.9. The van der Waals surface area contributed by atoms with Crippen LogP contribution >= 0.6 is 11.8 Å². The van der Waals surface area contributed by atoms with Crippen LogP contribution in [-0.2, 0) is 4.79 Å². The molecule has 0 aliphatic heterocycles. The Labute approximate surface area is 161 Å². The number of nitrogens with one attached hydrogen (secondary N) is 2. The van der Waals surface area contributed by atoms with Crippen LogP contribution in [0, 0.1) is 0 Å². The third-order valence-electron chi connectivity index (χ3n) is 3.47. The molecule has 0 saturated carbocycles. The number of rotatable bonds is 7. The number of methoxy groups -OCH3 is 1. The highest BCUT2D eigenvalue weighted by Crippen LogP contribution is 2.29. The van der Waals surface area contributed by atoms with Gasteiger partial charge in [-0.05, 0) is 48.5 Å². The van der Waals surface area contributed by atoms with Crippen LogP contribution in [0.15, 0.2) is 83.4 Å². The molecule has 6 nitrogen and oxygen atoms in total. The molecule has 1 heterocycles. The standard InChI is InChI=1S/C20H18N4O2S/c1-3-18(25)22-14-6-4-7-15(12-14)23-20-21-11-10-19(24-20)27-17-9-5-8-16(13-17)26-2/h3-13H,1H2,2H3,(H,22,25)(H,21,23,24). The van der Waals surface area contributed by atoms with E-state index in [1.165, 1.54) is 17.8 Å². The molecule has 0 aliphatic carbocycles. The van der Waals surface area contributed by atoms with Crippen LogP contribution in [0.3, 0.4) is 0 Å². The van der Waals surface area contributed by atoms with Gasteiger partial charge in [0.05, 0.1) is 7.11 Å². The first-order chi connectivity index (χ1) is 13.2. The number of carbonyl (C=O) groups is 1. The molecule has 0 fully saturated rings. The van der Waals surface area contributed by atoms with Crippen molar-refractivity contribution in [1.29, 1.82) is 0 Å². The van der Waals surface area contributed by atoms with E-state index in [0.29, 0.717) is 11.6 Å². The van der Waals surface area contributed by atoms with Crippen LogP contribution in [0.4, 0.5) is 17.3 Å². The van der Waals surface area contributed by atoms with Gasteiger partial charge in [0.1, 0.15) is 10.8 Å². The molecule has 1 amide bonds. The van der Waals surface area contributed by atoms with Crippen LogP contribution in [-0.4, -0.2) is 23.0 Å². The summed E-state index contributed by atoms with van der Waals surface area (Å²) in [6.45, 7) is 3.44. The van der Waals surface area contributed by atoms with Crippen molar-refractivity contribution in [2.45, 2.75) is 9.92 Å². The first-order valence-corrected chi connectivity index (χ1v) is 8.93. The van der Waals surface area contributed by atoms with Crippen LogP contribution in [0.1, 0.15) is 0 Å². The molecule has 3 aromatic rings. The van der Waals surface area contributed by atoms with E-state index in [1.54, 1.807) is 25.4 Å². The smallest absolute Gasteiger partial charge is 0.247 e. The fourth-order valence-electron chi connectivity index (χ4n) is 2.24. The summed E-state index contributed by atoms with van der Waals surface area (Å²) in [6.07, 6.45) is 2.92. The Bertz CT molecular complexity index is 962. The summed E-state index contributed by atoms with van der Waals surface area (Å²) < 4.78 is 5.25. The number of benzene rings is 2. The molecule has 0 radical (unpaired) electrons. The molecule has 0 unspecified atom stereocenters. The summed E-state index contributed by atoms with van der Waals surface area (Å²) in [7, 11) is 1.64. The van der Waals surface area contributed by atoms with E-state index in [1.807, 2.05) is 42.5 Å². The molecule has 0 spiro atoms. The van der Waals surface area contributed by atoms with Crippen molar-refractivity contribution in [3.8, 4) is 5.75 Å². The Morgan fingerprint density at radius 3 is 2.78 bits per heavy atom. The summed E-state index contributed by atoms with van der Waals surface area (Å²) in [5.74, 6) is 1.00. The van der Waals surface area contributed by atoms with E-state index in [-0.39, 0.29) is 5.91 Å². The number of aromatic nitrogens is 2. The first-order valence-electron chi connectivity index (χ1n) is 8.12. The number of anilines is 3. The number of nitrogens with zero attached hydrogens (tertiary/aromatic N) is 2. The zero-order chi connectivity index (χ0) is 19.1. The van der Waals surface area contributed by atoms with Gasteiger partial charge in [-0.25, -0.2) is 9.97 Å². The topological polar surface area (TPSA) is 76.1 Å². The lowest BCUT2D eigenvalue weighted by atomic mass is 10.2. The molecule has 0 atom stereocenters. The van der Waals surface area contributed by atoms with Crippen molar-refractivity contribution in [3.63, 3.8) is 0 Å². The van der Waals surface area contributed by atoms with Gasteiger partial charge in [-0.2, -0.15) is 0 Å². The van der Waals surface area contributed by atoms with Crippen LogP contribution in [0.25, 0.3) is 0 Å². The molecule has 2 N–H and O–H groups in total. The Kier molecular flexibility index (Phi) is 6.06. The lowest BCUT2D eigenvalue weighted by Crippen LogP contribution is -2.07. The highest BCUT2D eigenvalue weighted by molar-refractivity contribution is 7.99. The number of carbonyl (C=O) groups excluding carboxylic acids is 1. The number of ether oxygens (including phenoxy) is 1. The van der Waals surface area contributed by atoms with Gasteiger partial charge in [0.25, 0.3) is 0 Å². The summed E-state index contributed by atoms with van der Waals surface area (Å²) in [5, 5.41) is 6.67. The van der Waals surface area contributed by atoms with Gasteiger partial charge in [-0.1, -0.05) is 30.5 Å². The van der Waals surface area contributed by atoms with Gasteiger partial charge >= 0.3 is 0 Å². The van der Waals surface area contributed by atoms with Crippen molar-refractivity contribution in [2.24, 2.45) is 0 Å². The van der Waals surface area contributed by atoms with Gasteiger partial charge in [-0.3, -0.25) is 4.79 Å². The number of hydrogen-bond acceptors (Lipinski definition) is 6. The van der Waals surface area contributed by atoms with Gasteiger partial charge < -0.3 is 15.4 Å². The normalized spacial score (nSPS) is 10.1. The first kappa shape index (κ1) is 18.5. The molecule has 0 saturated heterocycles. The molecule has 0 aliphatic rings. The zero-order valence-electron chi connectivity index (χ0n) is 14.7. The Hall–Kier alpha value is -3.32. The van der Waals surface area contributed by atoms with E-state index in [2.05, 4.69) is 27.2 Å². The number of amides is 1. The average Bonchev–Trinajstić information content (AvgIpc) is 2.68. The molecule has 3 rings (SSSR count). The van der Waals surface area contributed by atoms with Crippen molar-refractivity contribution >= 4 is 35.0 Å². The molecule has 27 heavy (non-hydrogen) atoms. The third-order valence-corrected chi connectivity index (χ3v) is 4.39. The second-order valence-electron chi connectivity index (χ2n) is 5.40. The largest absolute Gasteiger partial charge is 0.497 e. The summed E-state index contributed by atoms with van der Waals surface area (Å²) >= 11 is 1.52. The maximum atomic E-state index is 11.4. The molecular formula is C20H18N4O2S. The van der Waals surface area contributed by atoms with Crippen molar-refractivity contribution in [2.75, 3.05) is 17.7 Å². The fourth-order valence-corrected chi connectivity index (χ4v) is 3.07. The summed E-state index contributed by atoms with van der Waals surface area (Å²) in [4.78, 5) is 21.2. The van der Waals surface area contributed by atoms with Crippen molar-refractivity contribution < 1.29 is 9.53 Å². The quantitative estimate of drug-likeness (QED) is 0.465. The van der Waals surface area contributed by atoms with E-state index in [9.17, 15) is 4.79 Å². The van der Waals surface area contributed by atoms with Crippen LogP contribution < -0.4 is 15.4 Å². The minimum absolute atomic E-state index is 0.264. The molecule has 1 aromatic heterocycles. The lowest BCUT2D eigenvalue weighted by Gasteiger charge is -2.09. The van der Waals surface area contributed by atoms with Gasteiger partial charge in [0.15, 0.2) is 0 Å². The number of hydrogen-bond donors (Lipinski definition) is 2. The van der Waals surface area contributed by atoms with E-state index >= 15 is 0 Å². The van der Waals surface area contributed by atoms with Crippen LogP contribution in [0.2, 0.25) is 0 Å². The molecule has 2 aromatic carbocycles. The minimum atomic E-state index is -0.264. The molecular weight excluding hydrogens is 360 g/mol. The second kappa shape index (κ2) is 8.86. The Morgan fingerprint density at radius 1 is 1.15 bits per heavy atom. The van der Waals surface area contributed by atoms with Crippen molar-refractivity contribution in [1.82, 2.24) is 9.97 Å². The highest BCUT2D eigenvalue weighted by atomic mass is 32.2.